The van der Waals surface area contributed by atoms with Gasteiger partial charge >= 0.3 is 0 Å². The lowest BCUT2D eigenvalue weighted by Crippen LogP contribution is -2.35. The first-order valence-electron chi connectivity index (χ1n) is 5.87. The first-order valence-corrected chi connectivity index (χ1v) is 9.17. The fourth-order valence-electron chi connectivity index (χ4n) is 2.04. The monoisotopic (exact) mass is 307 g/mol. The van der Waals surface area contributed by atoms with Crippen molar-refractivity contribution in [2.75, 3.05) is 18.6 Å². The molecule has 0 amide bonds. The Bertz CT molecular complexity index is 648. The molecule has 0 aromatic carbocycles. The maximum absolute atomic E-state index is 12.1. The summed E-state index contributed by atoms with van der Waals surface area (Å²) in [5.41, 5.74) is 0.752. The van der Waals surface area contributed by atoms with Crippen molar-refractivity contribution in [1.29, 1.82) is 0 Å². The molecule has 1 aliphatic heterocycles. The number of aromatic nitrogens is 1. The summed E-state index contributed by atoms with van der Waals surface area (Å²) in [5.74, 6) is -0.0850. The van der Waals surface area contributed by atoms with Crippen molar-refractivity contribution in [2.24, 2.45) is 0 Å². The average Bonchev–Trinajstić information content (AvgIpc) is 2.86. The Hall–Kier alpha value is -0.900. The van der Waals surface area contributed by atoms with Gasteiger partial charge in [0.25, 0.3) is 0 Å². The summed E-state index contributed by atoms with van der Waals surface area (Å²) in [7, 11) is -5.00. The third-order valence-corrected chi connectivity index (χ3v) is 6.22. The van der Waals surface area contributed by atoms with E-state index in [1.807, 2.05) is 0 Å². The molecule has 1 fully saturated rings. The lowest BCUT2D eigenvalue weighted by atomic mass is 10.3. The van der Waals surface area contributed by atoms with Crippen LogP contribution in [0.2, 0.25) is 0 Å². The lowest BCUT2D eigenvalue weighted by molar-refractivity contribution is 0.562. The minimum atomic E-state index is -3.66. The van der Waals surface area contributed by atoms with E-state index in [4.69, 9.17) is 0 Å². The zero-order chi connectivity index (χ0) is 14.1. The maximum atomic E-state index is 12.1. The van der Waals surface area contributed by atoms with E-state index < -0.39 is 25.9 Å². The Balaban J connectivity index is 2.10. The van der Waals surface area contributed by atoms with Crippen LogP contribution in [-0.4, -0.2) is 46.4 Å². The minimum absolute atomic E-state index is 0.0400. The van der Waals surface area contributed by atoms with Crippen LogP contribution in [0.3, 0.4) is 0 Å². The summed E-state index contributed by atoms with van der Waals surface area (Å²) < 4.78 is 49.2. The van der Waals surface area contributed by atoms with Gasteiger partial charge in [0, 0.05) is 24.5 Å². The first kappa shape index (κ1) is 14.5. The Labute approximate surface area is 112 Å². The number of H-pyrrole nitrogens is 1. The standard InChI is InChI=1S/C10H17N3O4S2/c1-11-5-9-4-10(6-12-9)19(16,17)13-8-2-3-18(14,15)7-8/h4,6,8,11-13H,2-3,5,7H2,1H3. The molecule has 0 aliphatic carbocycles. The van der Waals surface area contributed by atoms with Gasteiger partial charge in [0.1, 0.15) is 0 Å². The average molecular weight is 307 g/mol. The Kier molecular flexibility index (Phi) is 4.00. The highest BCUT2D eigenvalue weighted by Gasteiger charge is 2.31. The van der Waals surface area contributed by atoms with E-state index in [0.717, 1.165) is 5.69 Å². The molecular formula is C10H17N3O4S2. The van der Waals surface area contributed by atoms with Gasteiger partial charge in [-0.15, -0.1) is 0 Å². The van der Waals surface area contributed by atoms with E-state index in [2.05, 4.69) is 15.0 Å². The third kappa shape index (κ3) is 3.56. The highest BCUT2D eigenvalue weighted by atomic mass is 32.2. The summed E-state index contributed by atoms with van der Waals surface area (Å²) in [5, 5.41) is 2.91. The molecule has 1 saturated heterocycles. The predicted molar refractivity (Wildman–Crippen MR) is 70.9 cm³/mol. The summed E-state index contributed by atoms with van der Waals surface area (Å²) >= 11 is 0. The molecule has 2 heterocycles. The molecule has 0 spiro atoms. The molecular weight excluding hydrogens is 290 g/mol. The number of rotatable bonds is 5. The van der Waals surface area contributed by atoms with Crippen LogP contribution in [0, 0.1) is 0 Å². The van der Waals surface area contributed by atoms with Crippen LogP contribution in [0.25, 0.3) is 0 Å². The van der Waals surface area contributed by atoms with E-state index in [-0.39, 0.29) is 16.4 Å². The molecule has 7 nitrogen and oxygen atoms in total. The molecule has 3 N–H and O–H groups in total. The van der Waals surface area contributed by atoms with Crippen LogP contribution in [0.4, 0.5) is 0 Å². The number of sulfonamides is 1. The summed E-state index contributed by atoms with van der Waals surface area (Å²) in [4.78, 5) is 2.98. The van der Waals surface area contributed by atoms with Crippen LogP contribution in [0.15, 0.2) is 17.2 Å². The number of hydrogen-bond acceptors (Lipinski definition) is 5. The van der Waals surface area contributed by atoms with Crippen LogP contribution in [-0.2, 0) is 26.4 Å². The molecule has 0 radical (unpaired) electrons. The molecule has 19 heavy (non-hydrogen) atoms. The summed E-state index contributed by atoms with van der Waals surface area (Å²) in [6, 6.07) is 1.00. The normalized spacial score (nSPS) is 22.7. The van der Waals surface area contributed by atoms with Gasteiger partial charge in [-0.25, -0.2) is 21.6 Å². The molecule has 108 valence electrons. The summed E-state index contributed by atoms with van der Waals surface area (Å²) in [6.45, 7) is 0.535. The fourth-order valence-corrected chi connectivity index (χ4v) is 5.11. The van der Waals surface area contributed by atoms with Crippen molar-refractivity contribution >= 4 is 19.9 Å². The van der Waals surface area contributed by atoms with Gasteiger partial charge in [0.05, 0.1) is 16.4 Å². The van der Waals surface area contributed by atoms with Crippen molar-refractivity contribution in [2.45, 2.75) is 23.9 Å². The van der Waals surface area contributed by atoms with Crippen molar-refractivity contribution < 1.29 is 16.8 Å². The zero-order valence-electron chi connectivity index (χ0n) is 10.5. The quantitative estimate of drug-likeness (QED) is 0.660. The molecule has 1 aromatic rings. The maximum Gasteiger partial charge on any atom is 0.242 e. The highest BCUT2D eigenvalue weighted by Crippen LogP contribution is 2.16. The van der Waals surface area contributed by atoms with E-state index in [1.54, 1.807) is 7.05 Å². The minimum Gasteiger partial charge on any atom is -0.363 e. The molecule has 9 heteroatoms. The number of hydrogen-bond donors (Lipinski definition) is 3. The predicted octanol–water partition coefficient (Wildman–Crippen LogP) is -0.800. The second kappa shape index (κ2) is 5.23. The van der Waals surface area contributed by atoms with Gasteiger partial charge in [-0.1, -0.05) is 0 Å². The number of nitrogens with one attached hydrogen (secondary N) is 3. The van der Waals surface area contributed by atoms with Crippen molar-refractivity contribution in [3.05, 3.63) is 18.0 Å². The fraction of sp³-hybridized carbons (Fsp3) is 0.600. The Morgan fingerprint density at radius 1 is 1.47 bits per heavy atom. The van der Waals surface area contributed by atoms with Crippen molar-refractivity contribution in [3.8, 4) is 0 Å². The Morgan fingerprint density at radius 3 is 2.79 bits per heavy atom. The number of aromatic amines is 1. The molecule has 1 unspecified atom stereocenters. The molecule has 0 bridgehead atoms. The van der Waals surface area contributed by atoms with Crippen LogP contribution in [0.5, 0.6) is 0 Å². The van der Waals surface area contributed by atoms with Gasteiger partial charge in [-0.3, -0.25) is 0 Å². The Morgan fingerprint density at radius 2 is 2.21 bits per heavy atom. The second-order valence-corrected chi connectivity index (χ2v) is 8.55. The smallest absolute Gasteiger partial charge is 0.242 e. The van der Waals surface area contributed by atoms with Gasteiger partial charge in [0.2, 0.25) is 10.0 Å². The topological polar surface area (TPSA) is 108 Å². The highest BCUT2D eigenvalue weighted by molar-refractivity contribution is 7.92. The SMILES string of the molecule is CNCc1cc(S(=O)(=O)NC2CCS(=O)(=O)C2)c[nH]1. The van der Waals surface area contributed by atoms with Crippen LogP contribution >= 0.6 is 0 Å². The zero-order valence-corrected chi connectivity index (χ0v) is 12.1. The van der Waals surface area contributed by atoms with E-state index in [1.165, 1.54) is 12.3 Å². The van der Waals surface area contributed by atoms with Crippen LogP contribution < -0.4 is 10.0 Å². The first-order chi connectivity index (χ1) is 8.82. The molecule has 1 aliphatic rings. The van der Waals surface area contributed by atoms with Crippen LogP contribution in [0.1, 0.15) is 12.1 Å². The largest absolute Gasteiger partial charge is 0.363 e. The molecule has 2 rings (SSSR count). The number of sulfone groups is 1. The molecule has 0 saturated carbocycles. The van der Waals surface area contributed by atoms with Crippen molar-refractivity contribution in [1.82, 2.24) is 15.0 Å². The van der Waals surface area contributed by atoms with Gasteiger partial charge in [0.15, 0.2) is 9.84 Å². The second-order valence-electron chi connectivity index (χ2n) is 4.61. The van der Waals surface area contributed by atoms with E-state index >= 15 is 0 Å². The van der Waals surface area contributed by atoms with Crippen molar-refractivity contribution in [3.63, 3.8) is 0 Å². The third-order valence-electron chi connectivity index (χ3n) is 2.95. The van der Waals surface area contributed by atoms with E-state index in [9.17, 15) is 16.8 Å². The van der Waals surface area contributed by atoms with Gasteiger partial charge in [-0.2, -0.15) is 0 Å². The van der Waals surface area contributed by atoms with Gasteiger partial charge in [-0.05, 0) is 19.5 Å². The summed E-state index contributed by atoms with van der Waals surface area (Å²) in [6.07, 6.45) is 1.73. The molecule has 1 atom stereocenters. The van der Waals surface area contributed by atoms with Gasteiger partial charge < -0.3 is 10.3 Å². The lowest BCUT2D eigenvalue weighted by Gasteiger charge is -2.09. The molecule has 1 aromatic heterocycles. The van der Waals surface area contributed by atoms with E-state index in [0.29, 0.717) is 13.0 Å².